The highest BCUT2D eigenvalue weighted by Crippen LogP contribution is 2.31. The molecule has 1 fully saturated rings. The maximum absolute atomic E-state index is 5.40. The van der Waals surface area contributed by atoms with Crippen LogP contribution in [0.3, 0.4) is 0 Å². The van der Waals surface area contributed by atoms with Crippen molar-refractivity contribution >= 4 is 15.9 Å². The van der Waals surface area contributed by atoms with Gasteiger partial charge in [-0.1, -0.05) is 59.8 Å². The van der Waals surface area contributed by atoms with Crippen LogP contribution in [-0.4, -0.2) is 11.9 Å². The molecule has 0 spiro atoms. The summed E-state index contributed by atoms with van der Waals surface area (Å²) in [7, 11) is 1.75. The molecule has 100 valence electrons. The van der Waals surface area contributed by atoms with Gasteiger partial charge in [0.2, 0.25) is 0 Å². The lowest BCUT2D eigenvalue weighted by Crippen LogP contribution is -2.06. The van der Waals surface area contributed by atoms with Crippen molar-refractivity contribution in [3.8, 4) is 5.75 Å². The normalized spacial score (nSPS) is 17.9. The van der Waals surface area contributed by atoms with E-state index in [2.05, 4.69) is 28.1 Å². The number of ether oxygens (including phenoxy) is 1. The van der Waals surface area contributed by atoms with Gasteiger partial charge >= 0.3 is 0 Å². The monoisotopic (exact) mass is 310 g/mol. The molecule has 2 heteroatoms. The zero-order valence-electron chi connectivity index (χ0n) is 11.2. The SMILES string of the molecule is COc1ccccc1CC(Br)CCC1CCCC1. The Kier molecular flexibility index (Phi) is 5.55. The summed E-state index contributed by atoms with van der Waals surface area (Å²) in [6.07, 6.45) is 9.53. The average Bonchev–Trinajstić information content (AvgIpc) is 2.90. The van der Waals surface area contributed by atoms with Gasteiger partial charge in [0.25, 0.3) is 0 Å². The van der Waals surface area contributed by atoms with Crippen molar-refractivity contribution in [3.63, 3.8) is 0 Å². The summed E-state index contributed by atoms with van der Waals surface area (Å²) < 4.78 is 5.40. The van der Waals surface area contributed by atoms with Crippen LogP contribution in [-0.2, 0) is 6.42 Å². The Morgan fingerprint density at radius 2 is 2.00 bits per heavy atom. The van der Waals surface area contributed by atoms with E-state index in [0.717, 1.165) is 18.1 Å². The number of para-hydroxylation sites is 1. The molecule has 0 aromatic heterocycles. The minimum Gasteiger partial charge on any atom is -0.496 e. The van der Waals surface area contributed by atoms with E-state index in [1.54, 1.807) is 7.11 Å². The molecule has 18 heavy (non-hydrogen) atoms. The summed E-state index contributed by atoms with van der Waals surface area (Å²) >= 11 is 3.83. The van der Waals surface area contributed by atoms with E-state index in [4.69, 9.17) is 4.74 Å². The fourth-order valence-corrected chi connectivity index (χ4v) is 3.54. The molecule has 1 aliphatic rings. The van der Waals surface area contributed by atoms with Crippen LogP contribution in [0, 0.1) is 5.92 Å². The molecule has 1 atom stereocenters. The van der Waals surface area contributed by atoms with Crippen LogP contribution in [0.25, 0.3) is 0 Å². The second-order valence-electron chi connectivity index (χ2n) is 5.34. The first-order valence-corrected chi connectivity index (χ1v) is 7.97. The quantitative estimate of drug-likeness (QED) is 0.674. The number of hydrogen-bond donors (Lipinski definition) is 0. The molecule has 0 amide bonds. The summed E-state index contributed by atoms with van der Waals surface area (Å²) in [4.78, 5) is 0.578. The maximum Gasteiger partial charge on any atom is 0.122 e. The smallest absolute Gasteiger partial charge is 0.122 e. The fraction of sp³-hybridized carbons (Fsp3) is 0.625. The molecular weight excluding hydrogens is 288 g/mol. The second-order valence-corrected chi connectivity index (χ2v) is 6.64. The molecule has 1 nitrogen and oxygen atoms in total. The lowest BCUT2D eigenvalue weighted by atomic mass is 9.98. The summed E-state index contributed by atoms with van der Waals surface area (Å²) in [6.45, 7) is 0. The number of benzene rings is 1. The highest BCUT2D eigenvalue weighted by Gasteiger charge is 2.17. The van der Waals surface area contributed by atoms with Crippen LogP contribution in [0.1, 0.15) is 44.1 Å². The molecule has 0 saturated heterocycles. The molecular formula is C16H23BrO. The first-order chi connectivity index (χ1) is 8.79. The maximum atomic E-state index is 5.40. The van der Waals surface area contributed by atoms with E-state index in [1.165, 1.54) is 44.1 Å². The zero-order chi connectivity index (χ0) is 12.8. The molecule has 0 bridgehead atoms. The van der Waals surface area contributed by atoms with Crippen molar-refractivity contribution in [1.29, 1.82) is 0 Å². The fourth-order valence-electron chi connectivity index (χ4n) is 2.93. The molecule has 0 heterocycles. The number of rotatable bonds is 6. The van der Waals surface area contributed by atoms with Crippen molar-refractivity contribution in [2.75, 3.05) is 7.11 Å². The summed E-state index contributed by atoms with van der Waals surface area (Å²) in [6, 6.07) is 8.34. The predicted octanol–water partition coefficient (Wildman–Crippen LogP) is 4.97. The van der Waals surface area contributed by atoms with Crippen LogP contribution in [0.5, 0.6) is 5.75 Å². The summed E-state index contributed by atoms with van der Waals surface area (Å²) in [5.41, 5.74) is 1.31. The highest BCUT2D eigenvalue weighted by molar-refractivity contribution is 9.09. The Labute approximate surface area is 119 Å². The molecule has 2 rings (SSSR count). The Morgan fingerprint density at radius 1 is 1.28 bits per heavy atom. The van der Waals surface area contributed by atoms with Gasteiger partial charge in [0, 0.05) is 4.83 Å². The number of hydrogen-bond acceptors (Lipinski definition) is 1. The van der Waals surface area contributed by atoms with E-state index in [-0.39, 0.29) is 0 Å². The van der Waals surface area contributed by atoms with Gasteiger partial charge in [-0.05, 0) is 36.8 Å². The van der Waals surface area contributed by atoms with Crippen LogP contribution in [0.15, 0.2) is 24.3 Å². The van der Waals surface area contributed by atoms with Crippen LogP contribution < -0.4 is 4.74 Å². The van der Waals surface area contributed by atoms with Gasteiger partial charge < -0.3 is 4.74 Å². The summed E-state index contributed by atoms with van der Waals surface area (Å²) in [5.74, 6) is 2.01. The van der Waals surface area contributed by atoms with Gasteiger partial charge in [0.15, 0.2) is 0 Å². The highest BCUT2D eigenvalue weighted by atomic mass is 79.9. The Hall–Kier alpha value is -0.500. The van der Waals surface area contributed by atoms with Crippen molar-refractivity contribution < 1.29 is 4.74 Å². The predicted molar refractivity (Wildman–Crippen MR) is 80.6 cm³/mol. The minimum absolute atomic E-state index is 0.578. The molecule has 1 saturated carbocycles. The largest absolute Gasteiger partial charge is 0.496 e. The molecule has 0 N–H and O–H groups in total. The van der Waals surface area contributed by atoms with Gasteiger partial charge in [-0.15, -0.1) is 0 Å². The van der Waals surface area contributed by atoms with E-state index in [9.17, 15) is 0 Å². The van der Waals surface area contributed by atoms with Gasteiger partial charge in [0.1, 0.15) is 5.75 Å². The lowest BCUT2D eigenvalue weighted by molar-refractivity contribution is 0.408. The molecule has 1 unspecified atom stereocenters. The van der Waals surface area contributed by atoms with Crippen LogP contribution in [0.4, 0.5) is 0 Å². The first kappa shape index (κ1) is 13.9. The lowest BCUT2D eigenvalue weighted by Gasteiger charge is -2.15. The summed E-state index contributed by atoms with van der Waals surface area (Å²) in [5, 5.41) is 0. The third kappa shape index (κ3) is 4.01. The van der Waals surface area contributed by atoms with E-state index >= 15 is 0 Å². The van der Waals surface area contributed by atoms with Gasteiger partial charge in [0.05, 0.1) is 7.11 Å². The van der Waals surface area contributed by atoms with E-state index in [0.29, 0.717) is 4.83 Å². The number of alkyl halides is 1. The molecule has 0 aliphatic heterocycles. The Bertz CT molecular complexity index is 358. The van der Waals surface area contributed by atoms with Gasteiger partial charge in [-0.25, -0.2) is 0 Å². The first-order valence-electron chi connectivity index (χ1n) is 7.05. The van der Waals surface area contributed by atoms with Gasteiger partial charge in [-0.3, -0.25) is 0 Å². The standard InChI is InChI=1S/C16H23BrO/c1-18-16-9-5-4-8-14(16)12-15(17)11-10-13-6-2-3-7-13/h4-5,8-9,13,15H,2-3,6-7,10-12H2,1H3. The van der Waals surface area contributed by atoms with Crippen LogP contribution in [0.2, 0.25) is 0 Å². The van der Waals surface area contributed by atoms with Crippen molar-refractivity contribution in [2.45, 2.75) is 49.8 Å². The topological polar surface area (TPSA) is 9.23 Å². The third-order valence-corrected chi connectivity index (χ3v) is 4.78. The van der Waals surface area contributed by atoms with Crippen molar-refractivity contribution in [3.05, 3.63) is 29.8 Å². The Morgan fingerprint density at radius 3 is 2.72 bits per heavy atom. The molecule has 1 aromatic rings. The number of methoxy groups -OCH3 is 1. The number of halogens is 1. The average molecular weight is 311 g/mol. The molecule has 0 radical (unpaired) electrons. The third-order valence-electron chi connectivity index (χ3n) is 4.00. The van der Waals surface area contributed by atoms with Crippen LogP contribution >= 0.6 is 15.9 Å². The minimum atomic E-state index is 0.578. The van der Waals surface area contributed by atoms with E-state index in [1.807, 2.05) is 12.1 Å². The van der Waals surface area contributed by atoms with E-state index < -0.39 is 0 Å². The van der Waals surface area contributed by atoms with Crippen molar-refractivity contribution in [2.24, 2.45) is 5.92 Å². The second kappa shape index (κ2) is 7.18. The van der Waals surface area contributed by atoms with Gasteiger partial charge in [-0.2, -0.15) is 0 Å². The molecule has 1 aromatic carbocycles. The zero-order valence-corrected chi connectivity index (χ0v) is 12.8. The Balaban J connectivity index is 1.80. The molecule has 1 aliphatic carbocycles. The van der Waals surface area contributed by atoms with Crippen molar-refractivity contribution in [1.82, 2.24) is 0 Å².